The summed E-state index contributed by atoms with van der Waals surface area (Å²) < 4.78 is 47.6. The standard InChI is InChI=1S/C18H19N3O5S2/c19-27(23,24)11-1-2-12-13-3-4-18(28(20,25)26,17-6-10(7-17)8-17)9-15(13)16(21-22)14(12)5-11/h1-3,5,9-10,22H,4,6-8H2,(H2,19,23,24)(H2,20,25,26). The predicted molar refractivity (Wildman–Crippen MR) is 102 cm³/mol. The first-order valence-electron chi connectivity index (χ1n) is 8.87. The summed E-state index contributed by atoms with van der Waals surface area (Å²) >= 11 is 0. The lowest BCUT2D eigenvalue weighted by Crippen LogP contribution is -2.68. The molecule has 5 aliphatic carbocycles. The fourth-order valence-corrected chi connectivity index (χ4v) is 7.43. The highest BCUT2D eigenvalue weighted by Crippen LogP contribution is 2.72. The number of nitrogens with zero attached hydrogens (tertiary/aromatic N) is 1. The molecule has 1 aromatic carbocycles. The minimum atomic E-state index is -3.94. The Kier molecular flexibility index (Phi) is 3.30. The van der Waals surface area contributed by atoms with Gasteiger partial charge in [0, 0.05) is 11.1 Å². The number of oxime groups is 1. The number of hydrogen-bond donors (Lipinski definition) is 3. The number of benzene rings is 1. The fraction of sp³-hybridized carbons (Fsp3) is 0.389. The van der Waals surface area contributed by atoms with Crippen molar-refractivity contribution in [2.75, 3.05) is 0 Å². The minimum Gasteiger partial charge on any atom is -0.410 e. The molecule has 3 fully saturated rings. The molecule has 1 unspecified atom stereocenters. The van der Waals surface area contributed by atoms with E-state index in [0.717, 1.165) is 24.8 Å². The van der Waals surface area contributed by atoms with Crippen molar-refractivity contribution in [3.05, 3.63) is 47.1 Å². The van der Waals surface area contributed by atoms with Gasteiger partial charge in [-0.05, 0) is 60.3 Å². The van der Waals surface area contributed by atoms with Crippen molar-refractivity contribution in [2.45, 2.75) is 35.3 Å². The highest BCUT2D eigenvalue weighted by molar-refractivity contribution is 7.90. The van der Waals surface area contributed by atoms with Crippen molar-refractivity contribution in [3.63, 3.8) is 0 Å². The largest absolute Gasteiger partial charge is 0.410 e. The van der Waals surface area contributed by atoms with E-state index in [1.807, 2.05) is 6.08 Å². The molecule has 1 aromatic rings. The van der Waals surface area contributed by atoms with Crippen molar-refractivity contribution in [2.24, 2.45) is 26.8 Å². The van der Waals surface area contributed by atoms with Crippen LogP contribution in [0.2, 0.25) is 0 Å². The summed E-state index contributed by atoms with van der Waals surface area (Å²) in [6.45, 7) is 0. The molecule has 5 aliphatic rings. The zero-order valence-electron chi connectivity index (χ0n) is 14.8. The summed E-state index contributed by atoms with van der Waals surface area (Å²) in [6, 6.07) is 4.33. The number of primary sulfonamides is 2. The average Bonchev–Trinajstić information content (AvgIpc) is 2.81. The van der Waals surface area contributed by atoms with E-state index in [1.165, 1.54) is 12.1 Å². The molecule has 0 aliphatic heterocycles. The number of rotatable bonds is 3. The van der Waals surface area contributed by atoms with Crippen LogP contribution in [0.15, 0.2) is 46.0 Å². The molecule has 8 nitrogen and oxygen atoms in total. The van der Waals surface area contributed by atoms with E-state index < -0.39 is 24.8 Å². The lowest BCUT2D eigenvalue weighted by molar-refractivity contribution is -0.126. The summed E-state index contributed by atoms with van der Waals surface area (Å²) in [5, 5.41) is 24.0. The Labute approximate surface area is 162 Å². The third-order valence-electron chi connectivity index (χ3n) is 6.94. The second-order valence-electron chi connectivity index (χ2n) is 8.27. The van der Waals surface area contributed by atoms with Crippen molar-refractivity contribution >= 4 is 31.3 Å². The SMILES string of the molecule is NS(=O)(=O)c1ccc2c(c1)C(=NO)C1=CC(C34CC(C3)C4)(S(N)(=O)=O)CC=C12. The molecular formula is C18H19N3O5S2. The van der Waals surface area contributed by atoms with Crippen LogP contribution in [0.5, 0.6) is 0 Å². The van der Waals surface area contributed by atoms with Gasteiger partial charge in [0.15, 0.2) is 0 Å². The van der Waals surface area contributed by atoms with Gasteiger partial charge >= 0.3 is 0 Å². The van der Waals surface area contributed by atoms with Crippen molar-refractivity contribution < 1.29 is 22.0 Å². The molecule has 148 valence electrons. The van der Waals surface area contributed by atoms with E-state index in [2.05, 4.69) is 5.16 Å². The number of allylic oxidation sites excluding steroid dienone is 3. The van der Waals surface area contributed by atoms with Crippen LogP contribution in [0.25, 0.3) is 5.57 Å². The molecule has 0 amide bonds. The van der Waals surface area contributed by atoms with Crippen LogP contribution >= 0.6 is 0 Å². The predicted octanol–water partition coefficient (Wildman–Crippen LogP) is 1.07. The highest BCUT2D eigenvalue weighted by Gasteiger charge is 2.70. The molecular weight excluding hydrogens is 402 g/mol. The summed E-state index contributed by atoms with van der Waals surface area (Å²) in [4.78, 5) is -0.107. The van der Waals surface area contributed by atoms with E-state index in [-0.39, 0.29) is 22.4 Å². The van der Waals surface area contributed by atoms with E-state index in [0.29, 0.717) is 22.6 Å². The maximum absolute atomic E-state index is 12.7. The van der Waals surface area contributed by atoms with Gasteiger partial charge in [-0.15, -0.1) is 0 Å². The molecule has 0 radical (unpaired) electrons. The lowest BCUT2D eigenvalue weighted by atomic mass is 9.39. The molecule has 28 heavy (non-hydrogen) atoms. The second-order valence-corrected chi connectivity index (χ2v) is 11.7. The topological polar surface area (TPSA) is 153 Å². The second kappa shape index (κ2) is 5.12. The smallest absolute Gasteiger partial charge is 0.238 e. The van der Waals surface area contributed by atoms with Crippen molar-refractivity contribution in [3.8, 4) is 0 Å². The first-order valence-corrected chi connectivity index (χ1v) is 12.0. The third kappa shape index (κ3) is 2.03. The molecule has 2 bridgehead atoms. The molecule has 0 saturated heterocycles. The lowest BCUT2D eigenvalue weighted by Gasteiger charge is -2.68. The van der Waals surface area contributed by atoms with Gasteiger partial charge in [0.05, 0.1) is 4.90 Å². The Bertz CT molecular complexity index is 1230. The Morgan fingerprint density at radius 2 is 1.71 bits per heavy atom. The molecule has 1 atom stereocenters. The van der Waals surface area contributed by atoms with Gasteiger partial charge in [0.2, 0.25) is 20.0 Å². The van der Waals surface area contributed by atoms with E-state index in [1.54, 1.807) is 12.1 Å². The first-order chi connectivity index (χ1) is 13.0. The van der Waals surface area contributed by atoms with Gasteiger partial charge in [-0.3, -0.25) is 0 Å². The molecule has 0 spiro atoms. The summed E-state index contributed by atoms with van der Waals surface area (Å²) in [7, 11) is -7.87. The van der Waals surface area contributed by atoms with E-state index in [9.17, 15) is 22.0 Å². The van der Waals surface area contributed by atoms with Gasteiger partial charge < -0.3 is 5.21 Å². The van der Waals surface area contributed by atoms with E-state index in [4.69, 9.17) is 10.3 Å². The number of fused-ring (bicyclic) bond motifs is 3. The van der Waals surface area contributed by atoms with Gasteiger partial charge in [0.25, 0.3) is 0 Å². The number of sulfonamides is 2. The van der Waals surface area contributed by atoms with E-state index >= 15 is 0 Å². The average molecular weight is 422 g/mol. The molecule has 5 N–H and O–H groups in total. The van der Waals surface area contributed by atoms with Crippen LogP contribution in [0.1, 0.15) is 36.8 Å². The zero-order chi connectivity index (χ0) is 20.1. The van der Waals surface area contributed by atoms with Gasteiger partial charge in [-0.25, -0.2) is 27.1 Å². The van der Waals surface area contributed by atoms with Gasteiger partial charge in [0.1, 0.15) is 10.5 Å². The Hall–Kier alpha value is -2.01. The monoisotopic (exact) mass is 421 g/mol. The maximum Gasteiger partial charge on any atom is 0.238 e. The van der Waals surface area contributed by atoms with Crippen LogP contribution in [-0.2, 0) is 20.0 Å². The summed E-state index contributed by atoms with van der Waals surface area (Å²) in [5.41, 5.74) is 2.01. The first kappa shape index (κ1) is 18.0. The maximum atomic E-state index is 12.7. The van der Waals surface area contributed by atoms with Crippen LogP contribution in [-0.4, -0.2) is 32.5 Å². The number of hydrogen-bond acceptors (Lipinski definition) is 6. The summed E-state index contributed by atoms with van der Waals surface area (Å²) in [6.07, 6.45) is 6.17. The fourth-order valence-electron chi connectivity index (χ4n) is 5.43. The van der Waals surface area contributed by atoms with Gasteiger partial charge in [-0.1, -0.05) is 23.4 Å². The van der Waals surface area contributed by atoms with Crippen molar-refractivity contribution in [1.29, 1.82) is 0 Å². The van der Waals surface area contributed by atoms with Crippen LogP contribution in [0.3, 0.4) is 0 Å². The molecule has 0 aromatic heterocycles. The molecule has 0 heterocycles. The molecule has 6 rings (SSSR count). The zero-order valence-corrected chi connectivity index (χ0v) is 16.4. The van der Waals surface area contributed by atoms with Crippen LogP contribution in [0.4, 0.5) is 0 Å². The Balaban J connectivity index is 1.71. The van der Waals surface area contributed by atoms with Gasteiger partial charge in [-0.2, -0.15) is 0 Å². The molecule has 10 heteroatoms. The quantitative estimate of drug-likeness (QED) is 0.492. The van der Waals surface area contributed by atoms with Crippen LogP contribution in [0, 0.1) is 11.3 Å². The minimum absolute atomic E-state index is 0.107. The number of nitrogens with two attached hydrogens (primary N) is 2. The Morgan fingerprint density at radius 1 is 1.04 bits per heavy atom. The summed E-state index contributed by atoms with van der Waals surface area (Å²) in [5.74, 6) is 0.562. The highest BCUT2D eigenvalue weighted by atomic mass is 32.2. The third-order valence-corrected chi connectivity index (χ3v) is 9.58. The Morgan fingerprint density at radius 3 is 2.21 bits per heavy atom. The molecule has 3 saturated carbocycles. The normalized spacial score (nSPS) is 34.6. The van der Waals surface area contributed by atoms with Crippen LogP contribution < -0.4 is 10.3 Å². The van der Waals surface area contributed by atoms with Crippen molar-refractivity contribution in [1.82, 2.24) is 0 Å².